The molecule has 3 atom stereocenters. The van der Waals surface area contributed by atoms with Crippen molar-refractivity contribution in [3.8, 4) is 0 Å². The molecule has 2 unspecified atom stereocenters. The van der Waals surface area contributed by atoms with E-state index in [1.165, 1.54) is 12.8 Å². The van der Waals surface area contributed by atoms with Gasteiger partial charge in [-0.05, 0) is 24.7 Å². The molecule has 3 rings (SSSR count). The van der Waals surface area contributed by atoms with Crippen molar-refractivity contribution >= 4 is 0 Å². The maximum Gasteiger partial charge on any atom is 0.155 e. The van der Waals surface area contributed by atoms with Crippen LogP contribution in [0.3, 0.4) is 0 Å². The molecule has 3 aliphatic rings. The van der Waals surface area contributed by atoms with E-state index >= 15 is 0 Å². The van der Waals surface area contributed by atoms with Gasteiger partial charge in [0.25, 0.3) is 0 Å². The summed E-state index contributed by atoms with van der Waals surface area (Å²) >= 11 is 0. The molecule has 0 aromatic heterocycles. The van der Waals surface area contributed by atoms with Gasteiger partial charge in [-0.15, -0.1) is 0 Å². The molecule has 2 spiro atoms. The number of aliphatic hydroxyl groups excluding tert-OH is 2. The first kappa shape index (κ1) is 7.30. The lowest BCUT2D eigenvalue weighted by molar-refractivity contribution is -0.203. The number of rotatable bonds is 0. The summed E-state index contributed by atoms with van der Waals surface area (Å²) in [6, 6.07) is 0. The van der Waals surface area contributed by atoms with Gasteiger partial charge in [-0.2, -0.15) is 0 Å². The standard InChI is InChI=1S/C9H14O3/c10-6-3-9(6)5-8(1-2-8)4-7(11)12-9/h6-7,10-11H,1-5H2/t6?,7-,9?/m1/s1. The van der Waals surface area contributed by atoms with Crippen LogP contribution >= 0.6 is 0 Å². The molecule has 3 fully saturated rings. The first-order chi connectivity index (χ1) is 5.64. The third kappa shape index (κ3) is 0.873. The molecule has 2 N–H and O–H groups in total. The maximum absolute atomic E-state index is 9.44. The Balaban J connectivity index is 1.81. The lowest BCUT2D eigenvalue weighted by atomic mass is 9.90. The average Bonchev–Trinajstić information content (AvgIpc) is 2.78. The SMILES string of the molecule is OC1CC12CC1(CC1)C[C@H](O)O2. The number of aliphatic hydroxyl groups is 2. The van der Waals surface area contributed by atoms with Crippen LogP contribution in [0.2, 0.25) is 0 Å². The number of hydrogen-bond donors (Lipinski definition) is 2. The summed E-state index contributed by atoms with van der Waals surface area (Å²) in [6.07, 6.45) is 3.96. The molecule has 3 heteroatoms. The van der Waals surface area contributed by atoms with Crippen molar-refractivity contribution in [2.75, 3.05) is 0 Å². The van der Waals surface area contributed by atoms with Gasteiger partial charge in [0.1, 0.15) is 5.60 Å². The fourth-order valence-electron chi connectivity index (χ4n) is 2.57. The van der Waals surface area contributed by atoms with Crippen molar-refractivity contribution in [3.05, 3.63) is 0 Å². The fraction of sp³-hybridized carbons (Fsp3) is 1.00. The van der Waals surface area contributed by atoms with Gasteiger partial charge < -0.3 is 14.9 Å². The Bertz CT molecular complexity index is 224. The Labute approximate surface area is 71.3 Å². The Morgan fingerprint density at radius 3 is 2.33 bits per heavy atom. The lowest BCUT2D eigenvalue weighted by Gasteiger charge is -2.33. The third-order valence-corrected chi connectivity index (χ3v) is 3.60. The van der Waals surface area contributed by atoms with E-state index in [-0.39, 0.29) is 11.7 Å². The molecule has 1 heterocycles. The Kier molecular flexibility index (Phi) is 1.13. The van der Waals surface area contributed by atoms with Crippen LogP contribution in [0.1, 0.15) is 32.1 Å². The number of hydrogen-bond acceptors (Lipinski definition) is 3. The summed E-state index contributed by atoms with van der Waals surface area (Å²) in [4.78, 5) is 0. The molecule has 12 heavy (non-hydrogen) atoms. The molecule has 68 valence electrons. The summed E-state index contributed by atoms with van der Waals surface area (Å²) in [6.45, 7) is 0. The first-order valence-electron chi connectivity index (χ1n) is 4.68. The molecule has 0 radical (unpaired) electrons. The topological polar surface area (TPSA) is 49.7 Å². The Morgan fingerprint density at radius 1 is 1.17 bits per heavy atom. The largest absolute Gasteiger partial charge is 0.390 e. The van der Waals surface area contributed by atoms with Crippen LogP contribution in [0, 0.1) is 5.41 Å². The van der Waals surface area contributed by atoms with Crippen LogP contribution in [0.4, 0.5) is 0 Å². The Morgan fingerprint density at radius 2 is 1.83 bits per heavy atom. The highest BCUT2D eigenvalue weighted by Crippen LogP contribution is 2.63. The van der Waals surface area contributed by atoms with Crippen molar-refractivity contribution in [2.45, 2.75) is 50.1 Å². The van der Waals surface area contributed by atoms with Gasteiger partial charge in [0, 0.05) is 12.8 Å². The second-order valence-electron chi connectivity index (χ2n) is 4.74. The van der Waals surface area contributed by atoms with Crippen LogP contribution < -0.4 is 0 Å². The zero-order valence-corrected chi connectivity index (χ0v) is 6.99. The molecule has 0 amide bonds. The summed E-state index contributed by atoms with van der Waals surface area (Å²) in [5.74, 6) is 0. The summed E-state index contributed by atoms with van der Waals surface area (Å²) in [7, 11) is 0. The fourth-order valence-corrected chi connectivity index (χ4v) is 2.57. The van der Waals surface area contributed by atoms with Crippen LogP contribution in [0.25, 0.3) is 0 Å². The second kappa shape index (κ2) is 1.86. The zero-order chi connectivity index (χ0) is 8.40. The second-order valence-corrected chi connectivity index (χ2v) is 4.74. The molecular formula is C9H14O3. The Hall–Kier alpha value is -0.120. The predicted molar refractivity (Wildman–Crippen MR) is 41.3 cm³/mol. The van der Waals surface area contributed by atoms with Gasteiger partial charge in [0.15, 0.2) is 6.29 Å². The molecule has 2 aliphatic carbocycles. The van der Waals surface area contributed by atoms with Gasteiger partial charge in [-0.25, -0.2) is 0 Å². The van der Waals surface area contributed by atoms with Crippen LogP contribution in [0.15, 0.2) is 0 Å². The number of ether oxygens (including phenoxy) is 1. The minimum Gasteiger partial charge on any atom is -0.390 e. The molecule has 3 nitrogen and oxygen atoms in total. The smallest absolute Gasteiger partial charge is 0.155 e. The van der Waals surface area contributed by atoms with Crippen molar-refractivity contribution in [1.29, 1.82) is 0 Å². The molecular weight excluding hydrogens is 156 g/mol. The van der Waals surface area contributed by atoms with E-state index in [1.54, 1.807) is 0 Å². The molecule has 1 aliphatic heterocycles. The monoisotopic (exact) mass is 170 g/mol. The highest BCUT2D eigenvalue weighted by molar-refractivity contribution is 5.15. The van der Waals surface area contributed by atoms with E-state index in [0.29, 0.717) is 5.41 Å². The third-order valence-electron chi connectivity index (χ3n) is 3.60. The van der Waals surface area contributed by atoms with Crippen LogP contribution in [-0.2, 0) is 4.74 Å². The van der Waals surface area contributed by atoms with Gasteiger partial charge >= 0.3 is 0 Å². The molecule has 0 aromatic carbocycles. The van der Waals surface area contributed by atoms with Crippen molar-refractivity contribution in [3.63, 3.8) is 0 Å². The van der Waals surface area contributed by atoms with E-state index < -0.39 is 6.29 Å². The molecule has 0 aromatic rings. The van der Waals surface area contributed by atoms with Crippen molar-refractivity contribution in [2.24, 2.45) is 5.41 Å². The minimum atomic E-state index is -0.626. The summed E-state index contributed by atoms with van der Waals surface area (Å²) < 4.78 is 5.38. The van der Waals surface area contributed by atoms with Gasteiger partial charge in [-0.1, -0.05) is 0 Å². The highest BCUT2D eigenvalue weighted by atomic mass is 16.6. The van der Waals surface area contributed by atoms with E-state index in [9.17, 15) is 10.2 Å². The van der Waals surface area contributed by atoms with Gasteiger partial charge in [0.2, 0.25) is 0 Å². The van der Waals surface area contributed by atoms with Gasteiger partial charge in [0.05, 0.1) is 6.10 Å². The van der Waals surface area contributed by atoms with Crippen molar-refractivity contribution in [1.82, 2.24) is 0 Å². The van der Waals surface area contributed by atoms with Gasteiger partial charge in [-0.3, -0.25) is 0 Å². The summed E-state index contributed by atoms with van der Waals surface area (Å²) in [5.41, 5.74) is 0.00329. The highest BCUT2D eigenvalue weighted by Gasteiger charge is 2.65. The zero-order valence-electron chi connectivity index (χ0n) is 6.99. The first-order valence-corrected chi connectivity index (χ1v) is 4.68. The van der Waals surface area contributed by atoms with E-state index in [2.05, 4.69) is 0 Å². The normalized spacial score (nSPS) is 54.5. The molecule has 1 saturated heterocycles. The molecule has 0 bridgehead atoms. The average molecular weight is 170 g/mol. The van der Waals surface area contributed by atoms with E-state index in [0.717, 1.165) is 19.3 Å². The predicted octanol–water partition coefficient (Wildman–Crippen LogP) is 0.399. The lowest BCUT2D eigenvalue weighted by Crippen LogP contribution is -2.37. The van der Waals surface area contributed by atoms with Crippen LogP contribution in [-0.4, -0.2) is 28.2 Å². The molecule has 2 saturated carbocycles. The van der Waals surface area contributed by atoms with E-state index in [1.807, 2.05) is 0 Å². The van der Waals surface area contributed by atoms with Crippen LogP contribution in [0.5, 0.6) is 0 Å². The summed E-state index contributed by atoms with van der Waals surface area (Å²) in [5, 5.41) is 18.8. The quantitative estimate of drug-likeness (QED) is 0.553. The minimum absolute atomic E-state index is 0.315. The van der Waals surface area contributed by atoms with E-state index in [4.69, 9.17) is 4.74 Å². The maximum atomic E-state index is 9.44. The van der Waals surface area contributed by atoms with Crippen molar-refractivity contribution < 1.29 is 14.9 Å².